The van der Waals surface area contributed by atoms with Gasteiger partial charge in [-0.15, -0.1) is 0 Å². The third kappa shape index (κ3) is 13.8. The Kier molecular flexibility index (Phi) is 14.3. The monoisotopic (exact) mass is 358 g/mol. The summed E-state index contributed by atoms with van der Waals surface area (Å²) in [7, 11) is 0. The van der Waals surface area contributed by atoms with Crippen LogP contribution in [0.15, 0.2) is 61.2 Å². The lowest BCUT2D eigenvalue weighted by atomic mass is 10.0. The molecule has 1 aromatic rings. The number of esters is 1. The molecular formula is C22H30O4. The van der Waals surface area contributed by atoms with Crippen molar-refractivity contribution in [2.75, 3.05) is 6.61 Å². The van der Waals surface area contributed by atoms with Gasteiger partial charge in [0.25, 0.3) is 0 Å². The molecule has 0 aliphatic carbocycles. The number of allylic oxidation sites excluding steroid dienone is 2. The van der Waals surface area contributed by atoms with Crippen LogP contribution in [0.5, 0.6) is 0 Å². The minimum Gasteiger partial charge on any atom is -0.478 e. The zero-order valence-electron chi connectivity index (χ0n) is 15.8. The Bertz CT molecular complexity index is 573. The maximum atomic E-state index is 10.8. The van der Waals surface area contributed by atoms with Crippen LogP contribution in [-0.4, -0.2) is 23.7 Å². The fourth-order valence-corrected chi connectivity index (χ4v) is 2.03. The second kappa shape index (κ2) is 15.9. The van der Waals surface area contributed by atoms with Gasteiger partial charge in [0.1, 0.15) is 0 Å². The number of benzene rings is 1. The first-order valence-electron chi connectivity index (χ1n) is 8.95. The minimum atomic E-state index is -0.933. The molecule has 0 aliphatic rings. The maximum absolute atomic E-state index is 10.8. The molecule has 0 saturated carbocycles. The second-order valence-electron chi connectivity index (χ2n) is 5.72. The molecule has 142 valence electrons. The number of unbranched alkanes of at least 4 members (excludes halogenated alkanes) is 1. The van der Waals surface area contributed by atoms with E-state index in [1.165, 1.54) is 25.0 Å². The molecule has 1 atom stereocenters. The third-order valence-electron chi connectivity index (χ3n) is 3.61. The van der Waals surface area contributed by atoms with Gasteiger partial charge in [0.05, 0.1) is 6.61 Å². The van der Waals surface area contributed by atoms with Gasteiger partial charge in [-0.05, 0) is 17.9 Å². The van der Waals surface area contributed by atoms with Crippen molar-refractivity contribution >= 4 is 18.0 Å². The Morgan fingerprint density at radius 2 is 1.88 bits per heavy atom. The van der Waals surface area contributed by atoms with Gasteiger partial charge in [0, 0.05) is 12.2 Å². The predicted molar refractivity (Wildman–Crippen MR) is 107 cm³/mol. The molecule has 1 aromatic carbocycles. The number of hydrogen-bond donors (Lipinski definition) is 1. The van der Waals surface area contributed by atoms with Gasteiger partial charge < -0.3 is 9.84 Å². The van der Waals surface area contributed by atoms with Gasteiger partial charge >= 0.3 is 11.9 Å². The van der Waals surface area contributed by atoms with Crippen molar-refractivity contribution in [3.63, 3.8) is 0 Å². The van der Waals surface area contributed by atoms with Gasteiger partial charge in [-0.3, -0.25) is 0 Å². The molecule has 1 N–H and O–H groups in total. The van der Waals surface area contributed by atoms with Crippen molar-refractivity contribution < 1.29 is 19.4 Å². The maximum Gasteiger partial charge on any atom is 0.330 e. The molecule has 0 heterocycles. The summed E-state index contributed by atoms with van der Waals surface area (Å²) in [5.41, 5.74) is 1.05. The molecule has 0 saturated heterocycles. The van der Waals surface area contributed by atoms with Crippen LogP contribution in [0.1, 0.15) is 45.1 Å². The van der Waals surface area contributed by atoms with Crippen LogP contribution in [0.2, 0.25) is 0 Å². The number of carbonyl (C=O) groups is 2. The topological polar surface area (TPSA) is 63.6 Å². The molecule has 1 unspecified atom stereocenters. The number of aliphatic carboxylic acids is 1. The fraction of sp³-hybridized carbons (Fsp3) is 0.364. The standard InChI is InChI=1S/C11H10O2.C11H20O2/c12-11(13)9-5-4-8-10-6-2-1-3-7-10;1-4-7-8-10(5-2)9-13-11(12)6-3/h1-9H,(H,12,13);6,10H,3-5,7-9H2,1-2H3. The van der Waals surface area contributed by atoms with Gasteiger partial charge in [-0.2, -0.15) is 0 Å². The molecule has 4 nitrogen and oxygen atoms in total. The molecule has 0 aromatic heterocycles. The first-order chi connectivity index (χ1) is 12.5. The highest BCUT2D eigenvalue weighted by Crippen LogP contribution is 2.12. The lowest BCUT2D eigenvalue weighted by molar-refractivity contribution is -0.139. The Balaban J connectivity index is 0.000000481. The molecule has 0 amide bonds. The van der Waals surface area contributed by atoms with E-state index in [1.807, 2.05) is 36.4 Å². The van der Waals surface area contributed by atoms with Gasteiger partial charge in [0.2, 0.25) is 0 Å². The first kappa shape index (κ1) is 23.4. The van der Waals surface area contributed by atoms with Gasteiger partial charge in [0.15, 0.2) is 0 Å². The van der Waals surface area contributed by atoms with Crippen molar-refractivity contribution in [1.82, 2.24) is 0 Å². The summed E-state index contributed by atoms with van der Waals surface area (Å²) < 4.78 is 4.98. The third-order valence-corrected chi connectivity index (χ3v) is 3.61. The average molecular weight is 358 g/mol. The summed E-state index contributed by atoms with van der Waals surface area (Å²) in [5, 5.41) is 8.29. The van der Waals surface area contributed by atoms with E-state index in [9.17, 15) is 9.59 Å². The number of hydrogen-bond acceptors (Lipinski definition) is 3. The van der Waals surface area contributed by atoms with Crippen LogP contribution >= 0.6 is 0 Å². The lowest BCUT2D eigenvalue weighted by Gasteiger charge is -2.13. The predicted octanol–water partition coefficient (Wildman–Crippen LogP) is 5.27. The number of ether oxygens (including phenoxy) is 1. The first-order valence-corrected chi connectivity index (χ1v) is 8.95. The summed E-state index contributed by atoms with van der Waals surface area (Å²) >= 11 is 0. The normalized spacial score (nSPS) is 11.6. The number of carbonyl (C=O) groups excluding carboxylic acids is 1. The van der Waals surface area contributed by atoms with Crippen LogP contribution in [-0.2, 0) is 14.3 Å². The Morgan fingerprint density at radius 1 is 1.19 bits per heavy atom. The molecular weight excluding hydrogens is 328 g/mol. The smallest absolute Gasteiger partial charge is 0.330 e. The number of carboxylic acids is 1. The highest BCUT2D eigenvalue weighted by Gasteiger charge is 2.07. The van der Waals surface area contributed by atoms with Crippen LogP contribution in [0, 0.1) is 5.92 Å². The Labute approximate surface area is 156 Å². The molecule has 0 radical (unpaired) electrons. The molecule has 4 heteroatoms. The highest BCUT2D eigenvalue weighted by molar-refractivity contribution is 5.81. The Hall–Kier alpha value is -2.62. The molecule has 0 fully saturated rings. The zero-order chi connectivity index (χ0) is 19.6. The van der Waals surface area contributed by atoms with E-state index in [-0.39, 0.29) is 5.97 Å². The highest BCUT2D eigenvalue weighted by atomic mass is 16.5. The van der Waals surface area contributed by atoms with Crippen molar-refractivity contribution in [2.24, 2.45) is 5.92 Å². The molecule has 0 bridgehead atoms. The zero-order valence-corrected chi connectivity index (χ0v) is 15.8. The van der Waals surface area contributed by atoms with Crippen LogP contribution in [0.25, 0.3) is 6.08 Å². The fourth-order valence-electron chi connectivity index (χ4n) is 2.03. The van der Waals surface area contributed by atoms with Crippen molar-refractivity contribution in [3.05, 3.63) is 66.8 Å². The van der Waals surface area contributed by atoms with Crippen LogP contribution in [0.3, 0.4) is 0 Å². The van der Waals surface area contributed by atoms with E-state index in [0.717, 1.165) is 24.5 Å². The summed E-state index contributed by atoms with van der Waals surface area (Å²) in [5.74, 6) is -0.725. The Morgan fingerprint density at radius 3 is 2.42 bits per heavy atom. The summed E-state index contributed by atoms with van der Waals surface area (Å²) in [6.45, 7) is 8.19. The van der Waals surface area contributed by atoms with Gasteiger partial charge in [-0.25, -0.2) is 9.59 Å². The summed E-state index contributed by atoms with van der Waals surface area (Å²) in [4.78, 5) is 20.9. The largest absolute Gasteiger partial charge is 0.478 e. The summed E-state index contributed by atoms with van der Waals surface area (Å²) in [6, 6.07) is 9.70. The van der Waals surface area contributed by atoms with E-state index in [0.29, 0.717) is 12.5 Å². The van der Waals surface area contributed by atoms with Crippen LogP contribution in [0.4, 0.5) is 0 Å². The average Bonchev–Trinajstić information content (AvgIpc) is 2.66. The van der Waals surface area contributed by atoms with Crippen molar-refractivity contribution in [2.45, 2.75) is 39.5 Å². The van der Waals surface area contributed by atoms with E-state index in [4.69, 9.17) is 9.84 Å². The lowest BCUT2D eigenvalue weighted by Crippen LogP contribution is -2.12. The molecule has 1 rings (SSSR count). The summed E-state index contributed by atoms with van der Waals surface area (Å²) in [6.07, 6.45) is 12.0. The number of carboxylic acid groups (broad SMARTS) is 1. The van der Waals surface area contributed by atoms with E-state index in [2.05, 4.69) is 20.4 Å². The molecule has 26 heavy (non-hydrogen) atoms. The van der Waals surface area contributed by atoms with E-state index < -0.39 is 5.97 Å². The quantitative estimate of drug-likeness (QED) is 0.351. The van der Waals surface area contributed by atoms with Crippen LogP contribution < -0.4 is 0 Å². The SMILES string of the molecule is C=CC(=O)OCC(CC)CCCC.O=C(O)C=CC=Cc1ccccc1. The van der Waals surface area contributed by atoms with Gasteiger partial charge in [-0.1, -0.05) is 88.2 Å². The van der Waals surface area contributed by atoms with Crippen molar-refractivity contribution in [1.29, 1.82) is 0 Å². The number of rotatable bonds is 10. The molecule has 0 spiro atoms. The van der Waals surface area contributed by atoms with E-state index in [1.54, 1.807) is 6.08 Å². The molecule has 0 aliphatic heterocycles. The van der Waals surface area contributed by atoms with Crippen molar-refractivity contribution in [3.8, 4) is 0 Å². The minimum absolute atomic E-state index is 0.310. The van der Waals surface area contributed by atoms with E-state index >= 15 is 0 Å². The second-order valence-corrected chi connectivity index (χ2v) is 5.72.